The van der Waals surface area contributed by atoms with Crippen molar-refractivity contribution in [2.75, 3.05) is 5.32 Å². The van der Waals surface area contributed by atoms with E-state index >= 15 is 0 Å². The summed E-state index contributed by atoms with van der Waals surface area (Å²) in [6.07, 6.45) is -4.29. The zero-order valence-electron chi connectivity index (χ0n) is 10.4. The molecule has 0 fully saturated rings. The maximum absolute atomic E-state index is 12.0. The van der Waals surface area contributed by atoms with Gasteiger partial charge < -0.3 is 0 Å². The van der Waals surface area contributed by atoms with Crippen LogP contribution in [0.15, 0.2) is 5.38 Å². The Hall–Kier alpha value is -1.44. The highest BCUT2D eigenvalue weighted by Crippen LogP contribution is 2.21. The van der Waals surface area contributed by atoms with Crippen LogP contribution in [-0.4, -0.2) is 22.9 Å². The third kappa shape index (κ3) is 4.98. The predicted molar refractivity (Wildman–Crippen MR) is 65.0 cm³/mol. The van der Waals surface area contributed by atoms with Crippen molar-refractivity contribution in [1.82, 2.24) is 4.98 Å². The van der Waals surface area contributed by atoms with E-state index in [1.807, 2.05) is 0 Å². The molecule has 0 aliphatic carbocycles. The Morgan fingerprint density at radius 1 is 1.42 bits per heavy atom. The van der Waals surface area contributed by atoms with E-state index < -0.39 is 12.1 Å². The Kier molecular flexibility index (Phi) is 5.04. The lowest BCUT2D eigenvalue weighted by Gasteiger charge is -2.04. The van der Waals surface area contributed by atoms with Crippen molar-refractivity contribution in [3.8, 4) is 0 Å². The second kappa shape index (κ2) is 6.14. The van der Waals surface area contributed by atoms with Crippen LogP contribution in [0.3, 0.4) is 0 Å². The molecule has 0 unspecified atom stereocenters. The van der Waals surface area contributed by atoms with E-state index in [-0.39, 0.29) is 23.3 Å². The standard InChI is InChI=1S/C11H13F3N2O2S/c1-6(2)8(17)4-3-7-5-19-10(15-7)16-9(18)11(12,13)14/h5-6H,3-4H2,1-2H3,(H,15,16,18). The molecule has 1 heterocycles. The number of hydrogen-bond acceptors (Lipinski definition) is 4. The lowest BCUT2D eigenvalue weighted by Crippen LogP contribution is -2.29. The Labute approximate surface area is 112 Å². The lowest BCUT2D eigenvalue weighted by molar-refractivity contribution is -0.167. The topological polar surface area (TPSA) is 59.1 Å². The van der Waals surface area contributed by atoms with Crippen LogP contribution in [0.4, 0.5) is 18.3 Å². The fourth-order valence-corrected chi connectivity index (χ4v) is 1.93. The Morgan fingerprint density at radius 2 is 2.05 bits per heavy atom. The Bertz CT molecular complexity index is 469. The SMILES string of the molecule is CC(C)C(=O)CCc1csc(NC(=O)C(F)(F)F)n1. The molecular weight excluding hydrogens is 281 g/mol. The fourth-order valence-electron chi connectivity index (χ4n) is 1.19. The molecule has 19 heavy (non-hydrogen) atoms. The van der Waals surface area contributed by atoms with E-state index in [4.69, 9.17) is 0 Å². The van der Waals surface area contributed by atoms with Gasteiger partial charge in [0.25, 0.3) is 0 Å². The van der Waals surface area contributed by atoms with Gasteiger partial charge in [0.15, 0.2) is 5.13 Å². The molecule has 1 aromatic heterocycles. The maximum atomic E-state index is 12.0. The highest BCUT2D eigenvalue weighted by molar-refractivity contribution is 7.13. The van der Waals surface area contributed by atoms with Crippen molar-refractivity contribution in [3.05, 3.63) is 11.1 Å². The average molecular weight is 294 g/mol. The van der Waals surface area contributed by atoms with Gasteiger partial charge in [0, 0.05) is 17.7 Å². The molecular formula is C11H13F3N2O2S. The molecule has 0 aromatic carbocycles. The molecule has 1 rings (SSSR count). The molecule has 4 nitrogen and oxygen atoms in total. The quantitative estimate of drug-likeness (QED) is 0.908. The monoisotopic (exact) mass is 294 g/mol. The first kappa shape index (κ1) is 15.6. The van der Waals surface area contributed by atoms with E-state index in [1.165, 1.54) is 5.38 Å². The van der Waals surface area contributed by atoms with Crippen molar-refractivity contribution in [3.63, 3.8) is 0 Å². The van der Waals surface area contributed by atoms with Crippen LogP contribution in [-0.2, 0) is 16.0 Å². The number of anilines is 1. The Morgan fingerprint density at radius 3 is 2.58 bits per heavy atom. The molecule has 1 aromatic rings. The van der Waals surface area contributed by atoms with Crippen LogP contribution in [0.5, 0.6) is 0 Å². The van der Waals surface area contributed by atoms with Gasteiger partial charge >= 0.3 is 12.1 Å². The van der Waals surface area contributed by atoms with Crippen molar-refractivity contribution in [2.45, 2.75) is 32.9 Å². The number of rotatable bonds is 5. The third-order valence-corrected chi connectivity index (χ3v) is 3.11. The number of aryl methyl sites for hydroxylation is 1. The number of nitrogens with zero attached hydrogens (tertiary/aromatic N) is 1. The summed E-state index contributed by atoms with van der Waals surface area (Å²) in [5.41, 5.74) is 0.497. The first-order valence-electron chi connectivity index (χ1n) is 5.55. The van der Waals surface area contributed by atoms with Gasteiger partial charge in [-0.05, 0) is 6.42 Å². The molecule has 0 radical (unpaired) electrons. The van der Waals surface area contributed by atoms with Gasteiger partial charge in [-0.1, -0.05) is 13.8 Å². The number of alkyl halides is 3. The minimum atomic E-state index is -4.93. The van der Waals surface area contributed by atoms with Crippen LogP contribution in [0, 0.1) is 5.92 Å². The molecule has 1 N–H and O–H groups in total. The molecule has 0 atom stereocenters. The van der Waals surface area contributed by atoms with Crippen molar-refractivity contribution >= 4 is 28.2 Å². The molecule has 0 saturated heterocycles. The molecule has 0 spiro atoms. The van der Waals surface area contributed by atoms with Gasteiger partial charge in [-0.3, -0.25) is 14.9 Å². The number of carbonyl (C=O) groups is 2. The predicted octanol–water partition coefficient (Wildman–Crippen LogP) is 2.80. The number of thiazole rings is 1. The minimum absolute atomic E-state index is 0.0638. The number of nitrogens with one attached hydrogen (secondary N) is 1. The van der Waals surface area contributed by atoms with Crippen LogP contribution in [0.2, 0.25) is 0 Å². The smallest absolute Gasteiger partial charge is 0.299 e. The first-order chi connectivity index (χ1) is 8.70. The number of halogens is 3. The molecule has 1 amide bonds. The van der Waals surface area contributed by atoms with E-state index in [2.05, 4.69) is 4.98 Å². The van der Waals surface area contributed by atoms with Crippen molar-refractivity contribution in [1.29, 1.82) is 0 Å². The highest BCUT2D eigenvalue weighted by atomic mass is 32.1. The second-order valence-electron chi connectivity index (χ2n) is 4.22. The Balaban J connectivity index is 2.54. The summed E-state index contributed by atoms with van der Waals surface area (Å²) >= 11 is 0.900. The van der Waals surface area contributed by atoms with E-state index in [1.54, 1.807) is 19.2 Å². The molecule has 0 bridgehead atoms. The van der Waals surface area contributed by atoms with Gasteiger partial charge in [0.05, 0.1) is 5.69 Å². The van der Waals surface area contributed by atoms with E-state index in [0.29, 0.717) is 12.1 Å². The van der Waals surface area contributed by atoms with E-state index in [9.17, 15) is 22.8 Å². The van der Waals surface area contributed by atoms with Crippen LogP contribution < -0.4 is 5.32 Å². The molecule has 0 aliphatic heterocycles. The van der Waals surface area contributed by atoms with Crippen LogP contribution in [0.1, 0.15) is 26.0 Å². The van der Waals surface area contributed by atoms with Crippen LogP contribution in [0.25, 0.3) is 0 Å². The van der Waals surface area contributed by atoms with Gasteiger partial charge in [-0.25, -0.2) is 4.98 Å². The maximum Gasteiger partial charge on any atom is 0.471 e. The van der Waals surface area contributed by atoms with Gasteiger partial charge in [-0.2, -0.15) is 13.2 Å². The second-order valence-corrected chi connectivity index (χ2v) is 5.07. The van der Waals surface area contributed by atoms with E-state index in [0.717, 1.165) is 11.3 Å². The number of aromatic nitrogens is 1. The minimum Gasteiger partial charge on any atom is -0.299 e. The molecule has 8 heteroatoms. The zero-order chi connectivity index (χ0) is 14.6. The highest BCUT2D eigenvalue weighted by Gasteiger charge is 2.39. The normalized spacial score (nSPS) is 11.7. The van der Waals surface area contributed by atoms with Crippen molar-refractivity contribution < 1.29 is 22.8 Å². The summed E-state index contributed by atoms with van der Waals surface area (Å²) < 4.78 is 36.0. The number of ketones is 1. The summed E-state index contributed by atoms with van der Waals surface area (Å²) in [5, 5.41) is 3.08. The van der Waals surface area contributed by atoms with Gasteiger partial charge in [0.1, 0.15) is 5.78 Å². The summed E-state index contributed by atoms with van der Waals surface area (Å²) in [6.45, 7) is 3.55. The number of hydrogen-bond donors (Lipinski definition) is 1. The summed E-state index contributed by atoms with van der Waals surface area (Å²) in [7, 11) is 0. The molecule has 0 aliphatic rings. The zero-order valence-corrected chi connectivity index (χ0v) is 11.2. The summed E-state index contributed by atoms with van der Waals surface area (Å²) in [4.78, 5) is 25.9. The van der Waals surface area contributed by atoms with Gasteiger partial charge in [-0.15, -0.1) is 11.3 Å². The summed E-state index contributed by atoms with van der Waals surface area (Å²) in [6, 6.07) is 0. The van der Waals surface area contributed by atoms with Crippen molar-refractivity contribution in [2.24, 2.45) is 5.92 Å². The number of carbonyl (C=O) groups excluding carboxylic acids is 2. The number of Topliss-reactive ketones (excluding diaryl/α,β-unsaturated/α-hetero) is 1. The number of amides is 1. The molecule has 106 valence electrons. The first-order valence-corrected chi connectivity index (χ1v) is 6.43. The molecule has 0 saturated carbocycles. The lowest BCUT2D eigenvalue weighted by atomic mass is 10.0. The fraction of sp³-hybridized carbons (Fsp3) is 0.545. The van der Waals surface area contributed by atoms with Gasteiger partial charge in [0.2, 0.25) is 0 Å². The largest absolute Gasteiger partial charge is 0.471 e. The average Bonchev–Trinajstić information content (AvgIpc) is 2.72. The van der Waals surface area contributed by atoms with Crippen LogP contribution >= 0.6 is 11.3 Å². The summed E-state index contributed by atoms with van der Waals surface area (Å²) in [5.74, 6) is -2.07. The third-order valence-electron chi connectivity index (χ3n) is 2.30.